The van der Waals surface area contributed by atoms with E-state index in [-0.39, 0.29) is 48.3 Å². The number of ether oxygens (including phenoxy) is 2. The number of hydrogen-bond acceptors (Lipinski definition) is 7. The molecule has 0 bridgehead atoms. The van der Waals surface area contributed by atoms with Gasteiger partial charge in [0.1, 0.15) is 10.1 Å². The second-order valence-electron chi connectivity index (χ2n) is 14.3. The standard InChI is InChI=1S/C44H74O7S.Na/c1-3-5-7-9-11-13-15-17-19-21-23-25-27-29-31-33-38-50-43(45)40-36-35-37-41(52(47,48)49)42(40)44(46)51-39-34-32-30-28-26-24-22-20-18-16-14-12-10-8-6-4-2;/h17-20,35-37H,3-16,21-34,38-39H2,1-2H3,(H,47,48,49);/q;+1/p-1/b19-17+,20-18+;. The van der Waals surface area contributed by atoms with Gasteiger partial charge in [0, 0.05) is 0 Å². The van der Waals surface area contributed by atoms with E-state index in [2.05, 4.69) is 38.2 Å². The van der Waals surface area contributed by atoms with E-state index in [0.29, 0.717) is 12.8 Å². The molecule has 9 heteroatoms. The van der Waals surface area contributed by atoms with E-state index in [9.17, 15) is 22.6 Å². The largest absolute Gasteiger partial charge is 1.00 e. The number of rotatable bonds is 35. The summed E-state index contributed by atoms with van der Waals surface area (Å²) in [6.07, 6.45) is 41.8. The molecule has 1 rings (SSSR count). The Morgan fingerprint density at radius 2 is 0.868 bits per heavy atom. The van der Waals surface area contributed by atoms with Crippen molar-refractivity contribution in [3.63, 3.8) is 0 Å². The predicted octanol–water partition coefficient (Wildman–Crippen LogP) is 9.98. The average Bonchev–Trinajstić information content (AvgIpc) is 3.13. The first kappa shape index (κ1) is 51.5. The zero-order valence-electron chi connectivity index (χ0n) is 34.0. The molecule has 0 aliphatic carbocycles. The Morgan fingerprint density at radius 1 is 0.528 bits per heavy atom. The van der Waals surface area contributed by atoms with Crippen LogP contribution in [0.5, 0.6) is 0 Å². The van der Waals surface area contributed by atoms with Crippen LogP contribution in [-0.2, 0) is 19.6 Å². The van der Waals surface area contributed by atoms with E-state index in [0.717, 1.165) is 63.9 Å². The summed E-state index contributed by atoms with van der Waals surface area (Å²) < 4.78 is 46.6. The Labute approximate surface area is 347 Å². The molecular formula is C44H73NaO7S. The number of carbonyl (C=O) groups is 2. The number of hydrogen-bond donors (Lipinski definition) is 0. The molecule has 298 valence electrons. The number of carbonyl (C=O) groups excluding carboxylic acids is 2. The quantitative estimate of drug-likeness (QED) is 0.0222. The van der Waals surface area contributed by atoms with Gasteiger partial charge in [-0.25, -0.2) is 18.0 Å². The second-order valence-corrected chi connectivity index (χ2v) is 15.6. The molecule has 0 amide bonds. The number of esters is 2. The van der Waals surface area contributed by atoms with Gasteiger partial charge in [0.15, 0.2) is 0 Å². The van der Waals surface area contributed by atoms with E-state index in [1.54, 1.807) is 0 Å². The molecule has 53 heavy (non-hydrogen) atoms. The third kappa shape index (κ3) is 28.6. The fourth-order valence-corrected chi connectivity index (χ4v) is 6.99. The summed E-state index contributed by atoms with van der Waals surface area (Å²) in [6.45, 7) is 4.72. The van der Waals surface area contributed by atoms with E-state index >= 15 is 0 Å². The van der Waals surface area contributed by atoms with Crippen LogP contribution in [-0.4, -0.2) is 38.1 Å². The van der Waals surface area contributed by atoms with E-state index < -0.39 is 32.5 Å². The van der Waals surface area contributed by atoms with Crippen LogP contribution >= 0.6 is 0 Å². The monoisotopic (exact) mass is 768 g/mol. The number of unbranched alkanes of at least 4 members (excludes halogenated alkanes) is 24. The molecule has 0 saturated carbocycles. The zero-order chi connectivity index (χ0) is 38.0. The Balaban J connectivity index is 0.0000270. The summed E-state index contributed by atoms with van der Waals surface area (Å²) in [6, 6.07) is 3.61. The van der Waals surface area contributed by atoms with Crippen LogP contribution in [0.4, 0.5) is 0 Å². The SMILES string of the molecule is CCCCCCCC/C=C/CCCCCCCCOC(=O)c1cccc(S(=O)(=O)[O-])c1C(=O)OCCCCCCCC/C=C/CCCCCCCC.[Na+]. The summed E-state index contributed by atoms with van der Waals surface area (Å²) in [4.78, 5) is 25.1. The summed E-state index contributed by atoms with van der Waals surface area (Å²) in [5.41, 5.74) is -0.791. The van der Waals surface area contributed by atoms with Gasteiger partial charge in [-0.2, -0.15) is 0 Å². The smallest absolute Gasteiger partial charge is 0.744 e. The minimum atomic E-state index is -5.02. The van der Waals surface area contributed by atoms with Crippen LogP contribution in [0.15, 0.2) is 47.4 Å². The van der Waals surface area contributed by atoms with Crippen LogP contribution in [0.25, 0.3) is 0 Å². The fraction of sp³-hybridized carbons (Fsp3) is 0.727. The van der Waals surface area contributed by atoms with E-state index in [4.69, 9.17) is 9.47 Å². The molecule has 1 aromatic carbocycles. The van der Waals surface area contributed by atoms with Gasteiger partial charge in [-0.3, -0.25) is 0 Å². The van der Waals surface area contributed by atoms with Crippen molar-refractivity contribution in [2.45, 2.75) is 199 Å². The molecule has 0 aliphatic rings. The van der Waals surface area contributed by atoms with Gasteiger partial charge in [0.2, 0.25) is 0 Å². The van der Waals surface area contributed by atoms with Crippen LogP contribution in [0.3, 0.4) is 0 Å². The first-order valence-corrected chi connectivity index (χ1v) is 22.5. The van der Waals surface area contributed by atoms with Crippen LogP contribution in [0, 0.1) is 0 Å². The molecule has 0 heterocycles. The van der Waals surface area contributed by atoms with Gasteiger partial charge in [-0.1, -0.05) is 160 Å². The molecule has 0 aromatic heterocycles. The van der Waals surface area contributed by atoms with Crippen LogP contribution < -0.4 is 29.6 Å². The predicted molar refractivity (Wildman–Crippen MR) is 214 cm³/mol. The molecule has 0 radical (unpaired) electrons. The zero-order valence-corrected chi connectivity index (χ0v) is 36.8. The second kappa shape index (κ2) is 36.2. The molecule has 0 spiro atoms. The molecule has 0 aliphatic heterocycles. The molecule has 0 saturated heterocycles. The summed E-state index contributed by atoms with van der Waals surface area (Å²) in [5, 5.41) is 0. The van der Waals surface area contributed by atoms with Gasteiger partial charge in [0.25, 0.3) is 0 Å². The first-order chi connectivity index (χ1) is 25.3. The van der Waals surface area contributed by atoms with Crippen molar-refractivity contribution in [2.75, 3.05) is 13.2 Å². The van der Waals surface area contributed by atoms with Gasteiger partial charge < -0.3 is 14.0 Å². The summed E-state index contributed by atoms with van der Waals surface area (Å²) >= 11 is 0. The molecule has 1 aromatic rings. The molecule has 0 atom stereocenters. The van der Waals surface area contributed by atoms with Crippen molar-refractivity contribution in [1.29, 1.82) is 0 Å². The summed E-state index contributed by atoms with van der Waals surface area (Å²) in [5.74, 6) is -1.82. The Morgan fingerprint density at radius 3 is 1.25 bits per heavy atom. The van der Waals surface area contributed by atoms with Crippen molar-refractivity contribution in [3.05, 3.63) is 53.6 Å². The van der Waals surface area contributed by atoms with Gasteiger partial charge >= 0.3 is 41.5 Å². The fourth-order valence-electron chi connectivity index (χ4n) is 6.30. The van der Waals surface area contributed by atoms with Gasteiger partial charge in [-0.15, -0.1) is 0 Å². The third-order valence-corrected chi connectivity index (χ3v) is 10.4. The Bertz CT molecular complexity index is 1210. The minimum Gasteiger partial charge on any atom is -0.744 e. The maximum absolute atomic E-state index is 13.0. The first-order valence-electron chi connectivity index (χ1n) is 21.1. The summed E-state index contributed by atoms with van der Waals surface area (Å²) in [7, 11) is -5.02. The number of benzene rings is 1. The Kier molecular flexibility index (Phi) is 35.2. The number of allylic oxidation sites excluding steroid dienone is 4. The van der Waals surface area contributed by atoms with Crippen molar-refractivity contribution < 1.29 is 61.6 Å². The van der Waals surface area contributed by atoms with Crippen molar-refractivity contribution >= 4 is 22.1 Å². The molecule has 0 fully saturated rings. The molecule has 0 N–H and O–H groups in total. The van der Waals surface area contributed by atoms with Gasteiger partial charge in [0.05, 0.1) is 29.2 Å². The minimum absolute atomic E-state index is 0. The Hall–Kier alpha value is -1.45. The maximum atomic E-state index is 13.0. The maximum Gasteiger partial charge on any atom is 1.00 e. The molecule has 7 nitrogen and oxygen atoms in total. The van der Waals surface area contributed by atoms with Gasteiger partial charge in [-0.05, 0) is 76.3 Å². The third-order valence-electron chi connectivity index (χ3n) is 9.50. The normalized spacial score (nSPS) is 11.7. The van der Waals surface area contributed by atoms with Crippen LogP contribution in [0.2, 0.25) is 0 Å². The topological polar surface area (TPSA) is 110 Å². The van der Waals surface area contributed by atoms with Crippen LogP contribution in [0.1, 0.15) is 214 Å². The van der Waals surface area contributed by atoms with E-state index in [1.807, 2.05) is 0 Å². The average molecular weight is 769 g/mol. The van der Waals surface area contributed by atoms with E-state index in [1.165, 1.54) is 121 Å². The van der Waals surface area contributed by atoms with Crippen molar-refractivity contribution in [1.82, 2.24) is 0 Å². The van der Waals surface area contributed by atoms with Crippen molar-refractivity contribution in [2.24, 2.45) is 0 Å². The van der Waals surface area contributed by atoms with Crippen molar-refractivity contribution in [3.8, 4) is 0 Å². The molecule has 0 unspecified atom stereocenters. The molecular weight excluding hydrogens is 696 g/mol.